The number of amides is 1. The summed E-state index contributed by atoms with van der Waals surface area (Å²) < 4.78 is 0. The number of thioether (sulfide) groups is 1. The first kappa shape index (κ1) is 18.1. The minimum atomic E-state index is -0.571. The molecule has 1 heterocycles. The summed E-state index contributed by atoms with van der Waals surface area (Å²) >= 11 is 7.45. The molecule has 0 unspecified atom stereocenters. The van der Waals surface area contributed by atoms with Gasteiger partial charge < -0.3 is 11.1 Å². The monoisotopic (exact) mass is 361 g/mol. The van der Waals surface area contributed by atoms with Crippen molar-refractivity contribution in [1.82, 2.24) is 5.32 Å². The maximum absolute atomic E-state index is 12.2. The molecule has 5 nitrogen and oxygen atoms in total. The molecular formula is C17H16ClN3O2S. The molecule has 1 aromatic carbocycles. The quantitative estimate of drug-likeness (QED) is 0.840. The lowest BCUT2D eigenvalue weighted by atomic mass is 9.81. The maximum Gasteiger partial charge on any atom is 0.227 e. The number of nitriles is 1. The van der Waals surface area contributed by atoms with Crippen LogP contribution < -0.4 is 11.1 Å². The molecule has 2 rings (SSSR count). The highest BCUT2D eigenvalue weighted by Gasteiger charge is 2.34. The largest absolute Gasteiger partial charge is 0.369 e. The number of nitrogens with zero attached hydrogens (tertiary/aromatic N) is 1. The zero-order valence-corrected chi connectivity index (χ0v) is 14.8. The zero-order valence-electron chi connectivity index (χ0n) is 13.2. The molecule has 24 heavy (non-hydrogen) atoms. The van der Waals surface area contributed by atoms with Gasteiger partial charge in [-0.3, -0.25) is 9.59 Å². The lowest BCUT2D eigenvalue weighted by Gasteiger charge is -2.29. The molecule has 1 aliphatic heterocycles. The van der Waals surface area contributed by atoms with E-state index >= 15 is 0 Å². The van der Waals surface area contributed by atoms with Crippen LogP contribution in [0.15, 0.2) is 46.1 Å². The SMILES string of the molecule is CC(=O)C1=C(C)NC(SCC(N)=O)=C(C#N)[C@@H]1c1ccccc1Cl. The van der Waals surface area contributed by atoms with E-state index < -0.39 is 11.8 Å². The van der Waals surface area contributed by atoms with Gasteiger partial charge in [-0.2, -0.15) is 5.26 Å². The average Bonchev–Trinajstić information content (AvgIpc) is 2.52. The number of carbonyl (C=O) groups is 2. The molecule has 0 fully saturated rings. The molecule has 0 aliphatic carbocycles. The Morgan fingerprint density at radius 1 is 1.42 bits per heavy atom. The first-order valence-corrected chi connectivity index (χ1v) is 8.51. The highest BCUT2D eigenvalue weighted by molar-refractivity contribution is 8.03. The molecule has 0 saturated heterocycles. The van der Waals surface area contributed by atoms with Crippen molar-refractivity contribution in [3.8, 4) is 6.07 Å². The summed E-state index contributed by atoms with van der Waals surface area (Å²) in [6.45, 7) is 3.22. The highest BCUT2D eigenvalue weighted by Crippen LogP contribution is 2.42. The number of allylic oxidation sites excluding steroid dienone is 3. The predicted molar refractivity (Wildman–Crippen MR) is 95.0 cm³/mol. The Kier molecular flexibility index (Phi) is 5.71. The topological polar surface area (TPSA) is 96.0 Å². The molecule has 1 atom stereocenters. The van der Waals surface area contributed by atoms with E-state index in [1.807, 2.05) is 6.07 Å². The van der Waals surface area contributed by atoms with Gasteiger partial charge in [0.2, 0.25) is 5.91 Å². The third-order valence-electron chi connectivity index (χ3n) is 3.60. The summed E-state index contributed by atoms with van der Waals surface area (Å²) in [6, 6.07) is 9.27. The van der Waals surface area contributed by atoms with Gasteiger partial charge in [0.1, 0.15) is 0 Å². The number of Topliss-reactive ketones (excluding diaryl/α,β-unsaturated/α-hetero) is 1. The van der Waals surface area contributed by atoms with E-state index in [-0.39, 0.29) is 11.5 Å². The Bertz CT molecular complexity index is 808. The Morgan fingerprint density at radius 2 is 2.08 bits per heavy atom. The van der Waals surface area contributed by atoms with Crippen LogP contribution in [0.5, 0.6) is 0 Å². The van der Waals surface area contributed by atoms with Crippen LogP contribution in [0, 0.1) is 11.3 Å². The normalized spacial score (nSPS) is 17.3. The van der Waals surface area contributed by atoms with Gasteiger partial charge in [0.25, 0.3) is 0 Å². The fourth-order valence-electron chi connectivity index (χ4n) is 2.66. The summed E-state index contributed by atoms with van der Waals surface area (Å²) in [5.74, 6) is -1.17. The number of primary amides is 1. The molecule has 7 heteroatoms. The molecule has 3 N–H and O–H groups in total. The Labute approximate surface area is 149 Å². The fourth-order valence-corrected chi connectivity index (χ4v) is 3.73. The fraction of sp³-hybridized carbons (Fsp3) is 0.235. The number of hydrogen-bond donors (Lipinski definition) is 2. The number of benzene rings is 1. The molecule has 0 radical (unpaired) electrons. The predicted octanol–water partition coefficient (Wildman–Crippen LogP) is 2.84. The first-order valence-electron chi connectivity index (χ1n) is 7.15. The van der Waals surface area contributed by atoms with E-state index in [0.717, 1.165) is 11.8 Å². The van der Waals surface area contributed by atoms with Crippen LogP contribution in [-0.2, 0) is 9.59 Å². The molecule has 1 aliphatic rings. The van der Waals surface area contributed by atoms with Crippen molar-refractivity contribution in [2.24, 2.45) is 5.73 Å². The maximum atomic E-state index is 12.2. The van der Waals surface area contributed by atoms with Crippen LogP contribution in [0.3, 0.4) is 0 Å². The Hall–Kier alpha value is -2.23. The summed E-state index contributed by atoms with van der Waals surface area (Å²) in [7, 11) is 0. The van der Waals surface area contributed by atoms with Crippen LogP contribution in [-0.4, -0.2) is 17.4 Å². The minimum absolute atomic E-state index is 0.0332. The van der Waals surface area contributed by atoms with E-state index in [4.69, 9.17) is 17.3 Å². The Morgan fingerprint density at radius 3 is 2.62 bits per heavy atom. The van der Waals surface area contributed by atoms with Crippen LogP contribution >= 0.6 is 23.4 Å². The standard InChI is InChI=1S/C17H16ClN3O2S/c1-9-15(10(2)22)16(11-5-3-4-6-13(11)18)12(7-19)17(21-9)24-8-14(20)23/h3-6,16,21H,8H2,1-2H3,(H2,20,23)/t16-/m0/s1. The van der Waals surface area contributed by atoms with Gasteiger partial charge in [0.05, 0.1) is 28.3 Å². The number of rotatable bonds is 5. The average molecular weight is 362 g/mol. The van der Waals surface area contributed by atoms with Crippen molar-refractivity contribution in [2.45, 2.75) is 19.8 Å². The van der Waals surface area contributed by atoms with E-state index in [1.165, 1.54) is 6.92 Å². The second-order valence-electron chi connectivity index (χ2n) is 5.28. The van der Waals surface area contributed by atoms with Gasteiger partial charge in [-0.25, -0.2) is 0 Å². The molecule has 0 bridgehead atoms. The number of nitrogens with two attached hydrogens (primary N) is 1. The summed E-state index contributed by atoms with van der Waals surface area (Å²) in [5, 5.41) is 13.7. The molecule has 0 saturated carbocycles. The summed E-state index contributed by atoms with van der Waals surface area (Å²) in [4.78, 5) is 23.3. The van der Waals surface area contributed by atoms with Crippen molar-refractivity contribution in [1.29, 1.82) is 5.26 Å². The van der Waals surface area contributed by atoms with Gasteiger partial charge in [-0.15, -0.1) is 0 Å². The number of nitrogens with one attached hydrogen (secondary N) is 1. The third-order valence-corrected chi connectivity index (χ3v) is 4.99. The molecule has 0 spiro atoms. The first-order chi connectivity index (χ1) is 11.4. The van der Waals surface area contributed by atoms with Crippen LogP contribution in [0.1, 0.15) is 25.3 Å². The lowest BCUT2D eigenvalue weighted by Crippen LogP contribution is -2.28. The van der Waals surface area contributed by atoms with Crippen LogP contribution in [0.2, 0.25) is 5.02 Å². The number of hydrogen-bond acceptors (Lipinski definition) is 5. The second kappa shape index (κ2) is 7.56. The van der Waals surface area contributed by atoms with Gasteiger partial charge in [0, 0.05) is 16.3 Å². The third kappa shape index (κ3) is 3.64. The van der Waals surface area contributed by atoms with Crippen LogP contribution in [0.25, 0.3) is 0 Å². The Balaban J connectivity index is 2.63. The van der Waals surface area contributed by atoms with Crippen LogP contribution in [0.4, 0.5) is 0 Å². The zero-order chi connectivity index (χ0) is 17.9. The van der Waals surface area contributed by atoms with Crippen molar-refractivity contribution in [3.05, 3.63) is 56.7 Å². The van der Waals surface area contributed by atoms with E-state index in [9.17, 15) is 14.9 Å². The van der Waals surface area contributed by atoms with E-state index in [2.05, 4.69) is 11.4 Å². The van der Waals surface area contributed by atoms with Gasteiger partial charge in [-0.1, -0.05) is 41.6 Å². The number of ketones is 1. The smallest absolute Gasteiger partial charge is 0.227 e. The summed E-state index contributed by atoms with van der Waals surface area (Å²) in [5.41, 5.74) is 7.35. The molecule has 1 amide bonds. The number of carbonyl (C=O) groups excluding carboxylic acids is 2. The molecule has 0 aromatic heterocycles. The highest BCUT2D eigenvalue weighted by atomic mass is 35.5. The number of dihydropyridines is 1. The minimum Gasteiger partial charge on any atom is -0.369 e. The van der Waals surface area contributed by atoms with Crippen molar-refractivity contribution in [2.75, 3.05) is 5.75 Å². The molecule has 1 aromatic rings. The van der Waals surface area contributed by atoms with Gasteiger partial charge >= 0.3 is 0 Å². The van der Waals surface area contributed by atoms with Crippen molar-refractivity contribution >= 4 is 35.1 Å². The molecular weight excluding hydrogens is 346 g/mol. The van der Waals surface area contributed by atoms with E-state index in [0.29, 0.717) is 32.5 Å². The number of halogens is 1. The summed E-state index contributed by atoms with van der Waals surface area (Å²) in [6.07, 6.45) is 0. The van der Waals surface area contributed by atoms with Crippen molar-refractivity contribution in [3.63, 3.8) is 0 Å². The lowest BCUT2D eigenvalue weighted by molar-refractivity contribution is -0.115. The van der Waals surface area contributed by atoms with Gasteiger partial charge in [0.15, 0.2) is 5.78 Å². The van der Waals surface area contributed by atoms with Crippen molar-refractivity contribution < 1.29 is 9.59 Å². The second-order valence-corrected chi connectivity index (χ2v) is 6.68. The molecule has 124 valence electrons. The van der Waals surface area contributed by atoms with Gasteiger partial charge in [-0.05, 0) is 25.5 Å². The van der Waals surface area contributed by atoms with E-state index in [1.54, 1.807) is 25.1 Å².